The van der Waals surface area contributed by atoms with Crippen LogP contribution in [-0.4, -0.2) is 28.6 Å². The molecule has 1 atom stereocenters. The SMILES string of the molecule is Cc1nc(-c2cccc(Br)c2)ccc1C(=O)NC(C)CO. The van der Waals surface area contributed by atoms with Crippen molar-refractivity contribution in [3.8, 4) is 11.3 Å². The van der Waals surface area contributed by atoms with Gasteiger partial charge in [-0.05, 0) is 38.1 Å². The van der Waals surface area contributed by atoms with Crippen LogP contribution in [0.25, 0.3) is 11.3 Å². The van der Waals surface area contributed by atoms with Crippen LogP contribution in [-0.2, 0) is 0 Å². The van der Waals surface area contributed by atoms with Gasteiger partial charge < -0.3 is 10.4 Å². The van der Waals surface area contributed by atoms with E-state index in [1.165, 1.54) is 0 Å². The van der Waals surface area contributed by atoms with Crippen LogP contribution in [0.2, 0.25) is 0 Å². The maximum atomic E-state index is 12.1. The van der Waals surface area contributed by atoms with Gasteiger partial charge in [-0.25, -0.2) is 0 Å². The molecule has 1 amide bonds. The van der Waals surface area contributed by atoms with Crippen LogP contribution >= 0.6 is 15.9 Å². The summed E-state index contributed by atoms with van der Waals surface area (Å²) in [6.07, 6.45) is 0. The highest BCUT2D eigenvalue weighted by molar-refractivity contribution is 9.10. The third-order valence-corrected chi connectivity index (χ3v) is 3.60. The van der Waals surface area contributed by atoms with E-state index in [9.17, 15) is 4.79 Å². The lowest BCUT2D eigenvalue weighted by molar-refractivity contribution is 0.0921. The van der Waals surface area contributed by atoms with Gasteiger partial charge in [0.25, 0.3) is 5.91 Å². The van der Waals surface area contributed by atoms with E-state index in [2.05, 4.69) is 26.2 Å². The van der Waals surface area contributed by atoms with Gasteiger partial charge in [0, 0.05) is 16.1 Å². The van der Waals surface area contributed by atoms with Crippen LogP contribution in [0, 0.1) is 6.92 Å². The molecule has 0 spiro atoms. The highest BCUT2D eigenvalue weighted by Crippen LogP contribution is 2.22. The summed E-state index contributed by atoms with van der Waals surface area (Å²) < 4.78 is 0.984. The number of amides is 1. The molecule has 0 radical (unpaired) electrons. The van der Waals surface area contributed by atoms with Gasteiger partial charge in [-0.1, -0.05) is 28.1 Å². The van der Waals surface area contributed by atoms with Crippen molar-refractivity contribution in [3.05, 3.63) is 52.1 Å². The Labute approximate surface area is 132 Å². The molecular weight excluding hydrogens is 332 g/mol. The van der Waals surface area contributed by atoms with Crippen molar-refractivity contribution < 1.29 is 9.90 Å². The molecule has 1 aromatic heterocycles. The third kappa shape index (κ3) is 3.89. The molecular formula is C16H17BrN2O2. The Hall–Kier alpha value is -1.72. The summed E-state index contributed by atoms with van der Waals surface area (Å²) in [6.45, 7) is 3.46. The van der Waals surface area contributed by atoms with Crippen molar-refractivity contribution in [2.45, 2.75) is 19.9 Å². The average Bonchev–Trinajstić information content (AvgIpc) is 2.46. The molecule has 1 heterocycles. The molecule has 5 heteroatoms. The van der Waals surface area contributed by atoms with Crippen molar-refractivity contribution in [2.75, 3.05) is 6.61 Å². The van der Waals surface area contributed by atoms with Gasteiger partial charge in [-0.15, -0.1) is 0 Å². The molecule has 2 N–H and O–H groups in total. The fourth-order valence-electron chi connectivity index (χ4n) is 1.96. The normalized spacial score (nSPS) is 12.0. The van der Waals surface area contributed by atoms with Crippen LogP contribution in [0.3, 0.4) is 0 Å². The fourth-order valence-corrected chi connectivity index (χ4v) is 2.36. The van der Waals surface area contributed by atoms with Crippen LogP contribution in [0.4, 0.5) is 0 Å². The summed E-state index contributed by atoms with van der Waals surface area (Å²) >= 11 is 3.44. The van der Waals surface area contributed by atoms with Crippen LogP contribution in [0.5, 0.6) is 0 Å². The maximum Gasteiger partial charge on any atom is 0.253 e. The first-order valence-electron chi connectivity index (χ1n) is 6.66. The van der Waals surface area contributed by atoms with Crippen molar-refractivity contribution in [2.24, 2.45) is 0 Å². The van der Waals surface area contributed by atoms with E-state index >= 15 is 0 Å². The number of rotatable bonds is 4. The molecule has 0 aliphatic heterocycles. The minimum atomic E-state index is -0.276. The van der Waals surface area contributed by atoms with E-state index in [-0.39, 0.29) is 18.6 Å². The smallest absolute Gasteiger partial charge is 0.253 e. The number of pyridine rings is 1. The van der Waals surface area contributed by atoms with Crippen LogP contribution in [0.15, 0.2) is 40.9 Å². The van der Waals surface area contributed by atoms with E-state index < -0.39 is 0 Å². The number of hydrogen-bond acceptors (Lipinski definition) is 3. The number of hydrogen-bond donors (Lipinski definition) is 2. The van der Waals surface area contributed by atoms with Gasteiger partial charge in [-0.2, -0.15) is 0 Å². The number of aliphatic hydroxyl groups excluding tert-OH is 1. The number of halogens is 1. The second-order valence-corrected chi connectivity index (χ2v) is 5.81. The zero-order valence-electron chi connectivity index (χ0n) is 11.9. The third-order valence-electron chi connectivity index (χ3n) is 3.10. The lowest BCUT2D eigenvalue weighted by atomic mass is 10.1. The summed E-state index contributed by atoms with van der Waals surface area (Å²) in [6, 6.07) is 11.2. The number of nitrogens with one attached hydrogen (secondary N) is 1. The Morgan fingerprint density at radius 2 is 2.14 bits per heavy atom. The van der Waals surface area contributed by atoms with Crippen LogP contribution < -0.4 is 5.32 Å². The zero-order chi connectivity index (χ0) is 15.4. The predicted octanol–water partition coefficient (Wildman–Crippen LogP) is 2.93. The van der Waals surface area contributed by atoms with Gasteiger partial charge in [0.15, 0.2) is 0 Å². The predicted molar refractivity (Wildman–Crippen MR) is 86.1 cm³/mol. The molecule has 1 aromatic carbocycles. The number of carbonyl (C=O) groups is 1. The molecule has 4 nitrogen and oxygen atoms in total. The molecule has 0 saturated heterocycles. The van der Waals surface area contributed by atoms with Crippen LogP contribution in [0.1, 0.15) is 23.0 Å². The molecule has 0 aliphatic carbocycles. The Kier molecular flexibility index (Phi) is 5.09. The largest absolute Gasteiger partial charge is 0.394 e. The average molecular weight is 349 g/mol. The minimum Gasteiger partial charge on any atom is -0.394 e. The minimum absolute atomic E-state index is 0.0889. The van der Waals surface area contributed by atoms with E-state index in [0.717, 1.165) is 15.7 Å². The molecule has 2 rings (SSSR count). The van der Waals surface area contributed by atoms with Crippen molar-refractivity contribution >= 4 is 21.8 Å². The van der Waals surface area contributed by atoms with E-state index in [0.29, 0.717) is 11.3 Å². The summed E-state index contributed by atoms with van der Waals surface area (Å²) in [7, 11) is 0. The zero-order valence-corrected chi connectivity index (χ0v) is 13.5. The molecule has 1 unspecified atom stereocenters. The second kappa shape index (κ2) is 6.83. The topological polar surface area (TPSA) is 62.2 Å². The van der Waals surface area contributed by atoms with Crippen molar-refractivity contribution in [1.82, 2.24) is 10.3 Å². The summed E-state index contributed by atoms with van der Waals surface area (Å²) in [5.41, 5.74) is 2.99. The van der Waals surface area contributed by atoms with E-state index in [1.54, 1.807) is 19.9 Å². The molecule has 110 valence electrons. The Balaban J connectivity index is 2.27. The Morgan fingerprint density at radius 1 is 1.38 bits per heavy atom. The number of aryl methyl sites for hydroxylation is 1. The summed E-state index contributed by atoms with van der Waals surface area (Å²) in [5, 5.41) is 11.7. The molecule has 0 aliphatic rings. The molecule has 0 bridgehead atoms. The van der Waals surface area contributed by atoms with Gasteiger partial charge in [0.2, 0.25) is 0 Å². The van der Waals surface area contributed by atoms with Gasteiger partial charge in [-0.3, -0.25) is 9.78 Å². The highest BCUT2D eigenvalue weighted by Gasteiger charge is 2.13. The summed E-state index contributed by atoms with van der Waals surface area (Å²) in [4.78, 5) is 16.6. The molecule has 21 heavy (non-hydrogen) atoms. The monoisotopic (exact) mass is 348 g/mol. The maximum absolute atomic E-state index is 12.1. The molecule has 0 fully saturated rings. The van der Waals surface area contributed by atoms with Gasteiger partial charge in [0.1, 0.15) is 0 Å². The number of benzene rings is 1. The fraction of sp³-hybridized carbons (Fsp3) is 0.250. The van der Waals surface area contributed by atoms with E-state index in [1.807, 2.05) is 30.3 Å². The molecule has 2 aromatic rings. The lowest BCUT2D eigenvalue weighted by Crippen LogP contribution is -2.35. The van der Waals surface area contributed by atoms with Gasteiger partial charge >= 0.3 is 0 Å². The molecule has 0 saturated carbocycles. The van der Waals surface area contributed by atoms with E-state index in [4.69, 9.17) is 5.11 Å². The Morgan fingerprint density at radius 3 is 2.76 bits per heavy atom. The second-order valence-electron chi connectivity index (χ2n) is 4.90. The number of aliphatic hydroxyl groups is 1. The van der Waals surface area contributed by atoms with Gasteiger partial charge in [0.05, 0.1) is 23.6 Å². The first kappa shape index (κ1) is 15.7. The standard InChI is InChI=1S/C16H17BrN2O2/c1-10(9-20)18-16(21)14-6-7-15(19-11(14)2)12-4-3-5-13(17)8-12/h3-8,10,20H,9H2,1-2H3,(H,18,21). The first-order valence-corrected chi connectivity index (χ1v) is 7.46. The van der Waals surface area contributed by atoms with Crippen molar-refractivity contribution in [3.63, 3.8) is 0 Å². The number of aromatic nitrogens is 1. The Bertz CT molecular complexity index is 658. The first-order chi connectivity index (χ1) is 10.0. The summed E-state index contributed by atoms with van der Waals surface area (Å²) in [5.74, 6) is -0.220. The van der Waals surface area contributed by atoms with Crippen molar-refractivity contribution in [1.29, 1.82) is 0 Å². The number of carbonyl (C=O) groups excluding carboxylic acids is 1. The quantitative estimate of drug-likeness (QED) is 0.892. The lowest BCUT2D eigenvalue weighted by Gasteiger charge is -2.12. The highest BCUT2D eigenvalue weighted by atomic mass is 79.9. The number of nitrogens with zero attached hydrogens (tertiary/aromatic N) is 1.